The number of carboxylic acid groups (broad SMARTS) is 1. The highest BCUT2D eigenvalue weighted by Crippen LogP contribution is 2.10. The third-order valence-corrected chi connectivity index (χ3v) is 2.35. The highest BCUT2D eigenvalue weighted by molar-refractivity contribution is 5.91. The van der Waals surface area contributed by atoms with Gasteiger partial charge < -0.3 is 14.8 Å². The molecule has 0 aromatic carbocycles. The fraction of sp³-hybridized carbons (Fsp3) is 0.455. The lowest BCUT2D eigenvalue weighted by Gasteiger charge is -2.16. The van der Waals surface area contributed by atoms with Crippen molar-refractivity contribution in [3.63, 3.8) is 0 Å². The number of hydrogen-bond donors (Lipinski definition) is 2. The van der Waals surface area contributed by atoms with Crippen LogP contribution in [-0.4, -0.2) is 23.5 Å². The maximum atomic E-state index is 11.5. The van der Waals surface area contributed by atoms with Gasteiger partial charge in [-0.2, -0.15) is 0 Å². The summed E-state index contributed by atoms with van der Waals surface area (Å²) in [7, 11) is 0. The van der Waals surface area contributed by atoms with Crippen LogP contribution >= 0.6 is 0 Å². The fourth-order valence-electron chi connectivity index (χ4n) is 1.31. The van der Waals surface area contributed by atoms with Gasteiger partial charge in [-0.15, -0.1) is 0 Å². The molecule has 0 aliphatic carbocycles. The van der Waals surface area contributed by atoms with Crippen molar-refractivity contribution in [1.29, 1.82) is 0 Å². The SMILES string of the molecule is CC(C)C(CNC(=O)c1ccco1)C(=O)O. The Kier molecular flexibility index (Phi) is 4.10. The molecule has 0 bridgehead atoms. The molecule has 16 heavy (non-hydrogen) atoms. The van der Waals surface area contributed by atoms with Crippen molar-refractivity contribution in [1.82, 2.24) is 5.32 Å². The third-order valence-electron chi connectivity index (χ3n) is 2.35. The van der Waals surface area contributed by atoms with Gasteiger partial charge in [-0.25, -0.2) is 0 Å². The fourth-order valence-corrected chi connectivity index (χ4v) is 1.31. The van der Waals surface area contributed by atoms with E-state index in [4.69, 9.17) is 9.52 Å². The molecule has 1 unspecified atom stereocenters. The van der Waals surface area contributed by atoms with Crippen molar-refractivity contribution in [2.75, 3.05) is 6.54 Å². The zero-order valence-corrected chi connectivity index (χ0v) is 9.27. The maximum Gasteiger partial charge on any atom is 0.308 e. The van der Waals surface area contributed by atoms with Gasteiger partial charge in [0.05, 0.1) is 12.2 Å². The molecular formula is C11H15NO4. The molecule has 0 aliphatic heterocycles. The van der Waals surface area contributed by atoms with E-state index in [9.17, 15) is 9.59 Å². The maximum absolute atomic E-state index is 11.5. The molecule has 1 rings (SSSR count). The molecular weight excluding hydrogens is 210 g/mol. The Morgan fingerprint density at radius 1 is 1.50 bits per heavy atom. The van der Waals surface area contributed by atoms with E-state index in [1.165, 1.54) is 12.3 Å². The highest BCUT2D eigenvalue weighted by Gasteiger charge is 2.22. The Hall–Kier alpha value is -1.78. The van der Waals surface area contributed by atoms with Crippen LogP contribution in [-0.2, 0) is 4.79 Å². The lowest BCUT2D eigenvalue weighted by atomic mass is 9.96. The molecule has 0 fully saturated rings. The first-order chi connectivity index (χ1) is 7.52. The van der Waals surface area contributed by atoms with E-state index in [1.807, 2.05) is 0 Å². The number of carbonyl (C=O) groups excluding carboxylic acids is 1. The molecule has 1 heterocycles. The summed E-state index contributed by atoms with van der Waals surface area (Å²) in [6, 6.07) is 3.13. The Morgan fingerprint density at radius 3 is 2.62 bits per heavy atom. The van der Waals surface area contributed by atoms with Gasteiger partial charge in [-0.05, 0) is 18.1 Å². The van der Waals surface area contributed by atoms with Crippen LogP contribution in [0.1, 0.15) is 24.4 Å². The third kappa shape index (κ3) is 3.12. The molecule has 2 N–H and O–H groups in total. The van der Waals surface area contributed by atoms with Gasteiger partial charge in [-0.1, -0.05) is 13.8 Å². The number of nitrogens with one attached hydrogen (secondary N) is 1. The summed E-state index contributed by atoms with van der Waals surface area (Å²) >= 11 is 0. The number of amides is 1. The normalized spacial score (nSPS) is 12.4. The van der Waals surface area contributed by atoms with Gasteiger partial charge in [0.1, 0.15) is 0 Å². The lowest BCUT2D eigenvalue weighted by Crippen LogP contribution is -2.35. The van der Waals surface area contributed by atoms with Crippen LogP contribution in [0, 0.1) is 11.8 Å². The second kappa shape index (κ2) is 5.34. The molecule has 0 saturated carbocycles. The van der Waals surface area contributed by atoms with E-state index in [0.717, 1.165) is 0 Å². The highest BCUT2D eigenvalue weighted by atomic mass is 16.4. The van der Waals surface area contributed by atoms with Gasteiger partial charge in [0, 0.05) is 6.54 Å². The molecule has 1 amide bonds. The standard InChI is InChI=1S/C11H15NO4/c1-7(2)8(11(14)15)6-12-10(13)9-4-3-5-16-9/h3-5,7-8H,6H2,1-2H3,(H,12,13)(H,14,15). The molecule has 5 heteroatoms. The number of carbonyl (C=O) groups is 2. The second-order valence-corrected chi connectivity index (χ2v) is 3.88. The average molecular weight is 225 g/mol. The van der Waals surface area contributed by atoms with Crippen molar-refractivity contribution in [3.8, 4) is 0 Å². The molecule has 0 spiro atoms. The molecule has 88 valence electrons. The first kappa shape index (κ1) is 12.3. The number of hydrogen-bond acceptors (Lipinski definition) is 3. The summed E-state index contributed by atoms with van der Waals surface area (Å²) in [6.45, 7) is 3.71. The van der Waals surface area contributed by atoms with E-state index in [1.54, 1.807) is 19.9 Å². The summed E-state index contributed by atoms with van der Waals surface area (Å²) in [5.41, 5.74) is 0. The monoisotopic (exact) mass is 225 g/mol. The van der Waals surface area contributed by atoms with E-state index < -0.39 is 17.8 Å². The second-order valence-electron chi connectivity index (χ2n) is 3.88. The minimum atomic E-state index is -0.908. The largest absolute Gasteiger partial charge is 0.481 e. The van der Waals surface area contributed by atoms with Crippen LogP contribution < -0.4 is 5.32 Å². The van der Waals surface area contributed by atoms with Crippen molar-refractivity contribution < 1.29 is 19.1 Å². The minimum absolute atomic E-state index is 0.0330. The van der Waals surface area contributed by atoms with E-state index in [0.29, 0.717) is 0 Å². The van der Waals surface area contributed by atoms with Crippen LogP contribution in [0.2, 0.25) is 0 Å². The molecule has 1 aromatic rings. The van der Waals surface area contributed by atoms with E-state index in [2.05, 4.69) is 5.32 Å². The number of rotatable bonds is 5. The molecule has 0 radical (unpaired) electrons. The summed E-state index contributed by atoms with van der Waals surface area (Å²) in [6.07, 6.45) is 1.39. The first-order valence-corrected chi connectivity index (χ1v) is 5.07. The molecule has 5 nitrogen and oxygen atoms in total. The number of carboxylic acids is 1. The molecule has 0 saturated heterocycles. The van der Waals surface area contributed by atoms with Crippen LogP contribution in [0.3, 0.4) is 0 Å². The van der Waals surface area contributed by atoms with Crippen LogP contribution in [0.25, 0.3) is 0 Å². The van der Waals surface area contributed by atoms with Crippen molar-refractivity contribution in [3.05, 3.63) is 24.2 Å². The van der Waals surface area contributed by atoms with Crippen LogP contribution in [0.5, 0.6) is 0 Å². The average Bonchev–Trinajstić information content (AvgIpc) is 2.69. The van der Waals surface area contributed by atoms with E-state index >= 15 is 0 Å². The Morgan fingerprint density at radius 2 is 2.19 bits per heavy atom. The Balaban J connectivity index is 2.50. The summed E-state index contributed by atoms with van der Waals surface area (Å²) < 4.78 is 4.89. The van der Waals surface area contributed by atoms with Crippen molar-refractivity contribution in [2.24, 2.45) is 11.8 Å². The van der Waals surface area contributed by atoms with Crippen molar-refractivity contribution in [2.45, 2.75) is 13.8 Å². The minimum Gasteiger partial charge on any atom is -0.481 e. The Labute approximate surface area is 93.4 Å². The lowest BCUT2D eigenvalue weighted by molar-refractivity contribution is -0.142. The van der Waals surface area contributed by atoms with Gasteiger partial charge in [0.25, 0.3) is 5.91 Å². The van der Waals surface area contributed by atoms with Gasteiger partial charge in [-0.3, -0.25) is 9.59 Å². The summed E-state index contributed by atoms with van der Waals surface area (Å²) in [4.78, 5) is 22.3. The van der Waals surface area contributed by atoms with E-state index in [-0.39, 0.29) is 18.2 Å². The number of aliphatic carboxylic acids is 1. The van der Waals surface area contributed by atoms with Crippen molar-refractivity contribution >= 4 is 11.9 Å². The molecule has 0 aliphatic rings. The molecule has 1 atom stereocenters. The quantitative estimate of drug-likeness (QED) is 0.793. The van der Waals surface area contributed by atoms with Crippen LogP contribution in [0.15, 0.2) is 22.8 Å². The topological polar surface area (TPSA) is 79.5 Å². The van der Waals surface area contributed by atoms with Gasteiger partial charge in [0.15, 0.2) is 5.76 Å². The predicted molar refractivity (Wildman–Crippen MR) is 57.0 cm³/mol. The predicted octanol–water partition coefficient (Wildman–Crippen LogP) is 1.37. The summed E-state index contributed by atoms with van der Waals surface area (Å²) in [5.74, 6) is -1.73. The zero-order chi connectivity index (χ0) is 12.1. The smallest absolute Gasteiger partial charge is 0.308 e. The Bertz CT molecular complexity index is 356. The van der Waals surface area contributed by atoms with Gasteiger partial charge >= 0.3 is 5.97 Å². The first-order valence-electron chi connectivity index (χ1n) is 5.07. The van der Waals surface area contributed by atoms with Crippen LogP contribution in [0.4, 0.5) is 0 Å². The van der Waals surface area contributed by atoms with Gasteiger partial charge in [0.2, 0.25) is 0 Å². The number of furan rings is 1. The zero-order valence-electron chi connectivity index (χ0n) is 9.27. The summed E-state index contributed by atoms with van der Waals surface area (Å²) in [5, 5.41) is 11.4. The molecule has 1 aromatic heterocycles.